The average molecular weight is 755 g/mol. The van der Waals surface area contributed by atoms with Crippen molar-refractivity contribution in [2.45, 2.75) is 19.3 Å². The molecule has 1 aliphatic heterocycles. The molecular formula is C57H42N2. The van der Waals surface area contributed by atoms with Gasteiger partial charge in [0.05, 0.1) is 22.7 Å². The third-order valence-electron chi connectivity index (χ3n) is 12.4. The SMILES string of the molecule is CC1(C)c2ccccc2N(c2c(-c3ccc(N(c4ccc5ccccc5c4)c4cccc5ccccc45)cc3)ccc3ccccc23)c2ccc(-c3ccccc3)cc21. The smallest absolute Gasteiger partial charge is 0.0618 e. The van der Waals surface area contributed by atoms with Gasteiger partial charge in [-0.2, -0.15) is 0 Å². The first-order valence-corrected chi connectivity index (χ1v) is 20.5. The van der Waals surface area contributed by atoms with E-state index in [1.54, 1.807) is 0 Å². The van der Waals surface area contributed by atoms with Crippen LogP contribution in [0.2, 0.25) is 0 Å². The van der Waals surface area contributed by atoms with Crippen LogP contribution in [0.3, 0.4) is 0 Å². The molecule has 0 radical (unpaired) electrons. The lowest BCUT2D eigenvalue weighted by Crippen LogP contribution is -2.31. The summed E-state index contributed by atoms with van der Waals surface area (Å²) in [6.45, 7) is 4.74. The number of hydrogen-bond donors (Lipinski definition) is 0. The van der Waals surface area contributed by atoms with E-state index in [9.17, 15) is 0 Å². The van der Waals surface area contributed by atoms with Crippen LogP contribution in [-0.4, -0.2) is 0 Å². The van der Waals surface area contributed by atoms with Crippen molar-refractivity contribution >= 4 is 66.4 Å². The molecule has 0 saturated heterocycles. The van der Waals surface area contributed by atoms with Crippen LogP contribution in [0, 0.1) is 0 Å². The quantitative estimate of drug-likeness (QED) is 0.167. The first kappa shape index (κ1) is 34.8. The zero-order valence-corrected chi connectivity index (χ0v) is 33.2. The maximum atomic E-state index is 2.54. The minimum Gasteiger partial charge on any atom is -0.310 e. The molecule has 0 N–H and O–H groups in total. The van der Waals surface area contributed by atoms with E-state index >= 15 is 0 Å². The van der Waals surface area contributed by atoms with Crippen molar-refractivity contribution in [2.24, 2.45) is 0 Å². The number of rotatable bonds is 6. The van der Waals surface area contributed by atoms with Gasteiger partial charge in [0, 0.05) is 33.1 Å². The summed E-state index contributed by atoms with van der Waals surface area (Å²) in [5.74, 6) is 0. The van der Waals surface area contributed by atoms with Crippen molar-refractivity contribution in [1.82, 2.24) is 0 Å². The Hall–Kier alpha value is -7.42. The topological polar surface area (TPSA) is 6.48 Å². The summed E-state index contributed by atoms with van der Waals surface area (Å²) in [5, 5.41) is 7.31. The predicted molar refractivity (Wildman–Crippen MR) is 251 cm³/mol. The zero-order valence-electron chi connectivity index (χ0n) is 33.2. The fraction of sp³-hybridized carbons (Fsp3) is 0.0526. The van der Waals surface area contributed by atoms with Gasteiger partial charge < -0.3 is 9.80 Å². The second kappa shape index (κ2) is 13.9. The summed E-state index contributed by atoms with van der Waals surface area (Å²) in [6, 6.07) is 80.1. The molecule has 10 aromatic carbocycles. The highest BCUT2D eigenvalue weighted by Crippen LogP contribution is 2.55. The van der Waals surface area contributed by atoms with Gasteiger partial charge in [0.15, 0.2) is 0 Å². The van der Waals surface area contributed by atoms with Crippen LogP contribution in [0.1, 0.15) is 25.0 Å². The monoisotopic (exact) mass is 754 g/mol. The molecular weight excluding hydrogens is 713 g/mol. The van der Waals surface area contributed by atoms with Gasteiger partial charge in [-0.05, 0) is 97.9 Å². The summed E-state index contributed by atoms with van der Waals surface area (Å²) in [4.78, 5) is 4.94. The van der Waals surface area contributed by atoms with E-state index in [1.807, 2.05) is 0 Å². The minimum atomic E-state index is -0.215. The van der Waals surface area contributed by atoms with Crippen LogP contribution in [0.5, 0.6) is 0 Å². The van der Waals surface area contributed by atoms with Crippen LogP contribution in [0.4, 0.5) is 34.1 Å². The van der Waals surface area contributed by atoms with Crippen molar-refractivity contribution in [3.63, 3.8) is 0 Å². The molecule has 0 bridgehead atoms. The van der Waals surface area contributed by atoms with Crippen molar-refractivity contribution in [3.05, 3.63) is 230 Å². The van der Waals surface area contributed by atoms with Crippen LogP contribution in [-0.2, 0) is 5.41 Å². The summed E-state index contributed by atoms with van der Waals surface area (Å²) in [5.41, 5.74) is 14.2. The molecule has 59 heavy (non-hydrogen) atoms. The molecule has 0 aromatic heterocycles. The molecule has 0 spiro atoms. The van der Waals surface area contributed by atoms with E-state index in [0.29, 0.717) is 0 Å². The van der Waals surface area contributed by atoms with Gasteiger partial charge in [-0.25, -0.2) is 0 Å². The number of anilines is 6. The molecule has 0 atom stereocenters. The zero-order chi connectivity index (χ0) is 39.5. The highest BCUT2D eigenvalue weighted by atomic mass is 15.2. The molecule has 280 valence electrons. The molecule has 0 fully saturated rings. The van der Waals surface area contributed by atoms with Gasteiger partial charge in [-0.15, -0.1) is 0 Å². The van der Waals surface area contributed by atoms with Crippen LogP contribution < -0.4 is 9.80 Å². The molecule has 2 heteroatoms. The second-order valence-electron chi connectivity index (χ2n) is 16.2. The summed E-state index contributed by atoms with van der Waals surface area (Å²) in [7, 11) is 0. The molecule has 1 aliphatic rings. The molecule has 10 aromatic rings. The van der Waals surface area contributed by atoms with Gasteiger partial charge in [0.1, 0.15) is 0 Å². The Morgan fingerprint density at radius 2 is 0.966 bits per heavy atom. The molecule has 0 aliphatic carbocycles. The van der Waals surface area contributed by atoms with Gasteiger partial charge in [0.25, 0.3) is 0 Å². The van der Waals surface area contributed by atoms with E-state index in [1.165, 1.54) is 77.2 Å². The van der Waals surface area contributed by atoms with Crippen LogP contribution in [0.25, 0.3) is 54.6 Å². The molecule has 0 amide bonds. The predicted octanol–water partition coefficient (Wildman–Crippen LogP) is 16.1. The highest BCUT2D eigenvalue weighted by Gasteiger charge is 2.38. The Balaban J connectivity index is 1.11. The third-order valence-corrected chi connectivity index (χ3v) is 12.4. The second-order valence-corrected chi connectivity index (χ2v) is 16.2. The summed E-state index contributed by atoms with van der Waals surface area (Å²) in [6.07, 6.45) is 0. The van der Waals surface area contributed by atoms with Gasteiger partial charge in [-0.1, -0.05) is 184 Å². The van der Waals surface area contributed by atoms with Gasteiger partial charge in [-0.3, -0.25) is 0 Å². The molecule has 0 unspecified atom stereocenters. The van der Waals surface area contributed by atoms with Crippen molar-refractivity contribution in [3.8, 4) is 22.3 Å². The van der Waals surface area contributed by atoms with Crippen molar-refractivity contribution in [1.29, 1.82) is 0 Å². The van der Waals surface area contributed by atoms with Crippen molar-refractivity contribution in [2.75, 3.05) is 9.80 Å². The average Bonchev–Trinajstić information content (AvgIpc) is 3.30. The number of benzene rings is 10. The van der Waals surface area contributed by atoms with Crippen molar-refractivity contribution < 1.29 is 0 Å². The Labute approximate surface area is 345 Å². The van der Waals surface area contributed by atoms with Crippen LogP contribution in [0.15, 0.2) is 218 Å². The maximum absolute atomic E-state index is 2.54. The van der Waals surface area contributed by atoms with Gasteiger partial charge >= 0.3 is 0 Å². The number of fused-ring (bicyclic) bond motifs is 5. The number of nitrogens with zero attached hydrogens (tertiary/aromatic N) is 2. The fourth-order valence-corrected chi connectivity index (χ4v) is 9.42. The largest absolute Gasteiger partial charge is 0.310 e. The molecule has 1 heterocycles. The Kier molecular flexibility index (Phi) is 8.20. The van der Waals surface area contributed by atoms with E-state index < -0.39 is 0 Å². The highest BCUT2D eigenvalue weighted by molar-refractivity contribution is 6.08. The van der Waals surface area contributed by atoms with Crippen LogP contribution >= 0.6 is 0 Å². The molecule has 11 rings (SSSR count). The van der Waals surface area contributed by atoms with Gasteiger partial charge in [0.2, 0.25) is 0 Å². The number of para-hydroxylation sites is 1. The van der Waals surface area contributed by atoms with E-state index in [-0.39, 0.29) is 5.41 Å². The summed E-state index contributed by atoms with van der Waals surface area (Å²) < 4.78 is 0. The Morgan fingerprint density at radius 3 is 1.78 bits per heavy atom. The Bertz CT molecular complexity index is 3190. The lowest BCUT2D eigenvalue weighted by atomic mass is 9.72. The number of hydrogen-bond acceptors (Lipinski definition) is 2. The standard InChI is InChI=1S/C57H42N2/c1-57(2)51-24-12-13-25-54(51)59(55-36-31-45(38-52(55)57)39-15-4-3-5-16-39)56-49-23-11-9-19-42(49)30-35-50(56)43-28-32-46(33-29-43)58(47-34-27-40-17-6-7-20-44(40)37-47)53-26-14-21-41-18-8-10-22-48(41)53/h3-38H,1-2H3. The first-order valence-electron chi connectivity index (χ1n) is 20.5. The summed E-state index contributed by atoms with van der Waals surface area (Å²) >= 11 is 0. The third kappa shape index (κ3) is 5.79. The van der Waals surface area contributed by atoms with E-state index in [0.717, 1.165) is 22.6 Å². The molecule has 0 saturated carbocycles. The molecule has 2 nitrogen and oxygen atoms in total. The fourth-order valence-electron chi connectivity index (χ4n) is 9.42. The van der Waals surface area contributed by atoms with E-state index in [2.05, 4.69) is 242 Å². The first-order chi connectivity index (χ1) is 29.0. The van der Waals surface area contributed by atoms with E-state index in [4.69, 9.17) is 0 Å². The lowest BCUT2D eigenvalue weighted by molar-refractivity contribution is 0.632. The lowest BCUT2D eigenvalue weighted by Gasteiger charge is -2.43. The Morgan fingerprint density at radius 1 is 0.373 bits per heavy atom. The normalized spacial score (nSPS) is 13.0. The maximum Gasteiger partial charge on any atom is 0.0618 e. The minimum absolute atomic E-state index is 0.215.